The zero-order valence-electron chi connectivity index (χ0n) is 16.7. The van der Waals surface area contributed by atoms with Crippen molar-refractivity contribution in [3.63, 3.8) is 0 Å². The molecule has 2 amide bonds. The highest BCUT2D eigenvalue weighted by Crippen LogP contribution is 2.33. The van der Waals surface area contributed by atoms with E-state index in [1.807, 2.05) is 24.3 Å². The van der Waals surface area contributed by atoms with Crippen molar-refractivity contribution < 1.29 is 18.7 Å². The molecular formula is C22H25ClFN3O3. The van der Waals surface area contributed by atoms with Crippen LogP contribution in [-0.2, 0) is 9.59 Å². The van der Waals surface area contributed by atoms with Crippen LogP contribution in [0.2, 0.25) is 0 Å². The highest BCUT2D eigenvalue weighted by molar-refractivity contribution is 6.09. The molecule has 0 spiro atoms. The van der Waals surface area contributed by atoms with E-state index in [2.05, 4.69) is 5.32 Å². The third-order valence-corrected chi connectivity index (χ3v) is 5.67. The van der Waals surface area contributed by atoms with Gasteiger partial charge in [-0.3, -0.25) is 9.59 Å². The Morgan fingerprint density at radius 2 is 1.87 bits per heavy atom. The van der Waals surface area contributed by atoms with Crippen molar-refractivity contribution in [2.75, 3.05) is 38.2 Å². The van der Waals surface area contributed by atoms with Gasteiger partial charge in [-0.1, -0.05) is 18.2 Å². The Kier molecular flexibility index (Phi) is 6.95. The number of rotatable bonds is 4. The van der Waals surface area contributed by atoms with Crippen LogP contribution < -0.4 is 15.0 Å². The summed E-state index contributed by atoms with van der Waals surface area (Å²) in [5, 5.41) is 3.33. The molecule has 2 fully saturated rings. The molecule has 0 aliphatic carbocycles. The first kappa shape index (κ1) is 22.1. The van der Waals surface area contributed by atoms with E-state index in [-0.39, 0.29) is 36.1 Å². The molecule has 2 saturated heterocycles. The van der Waals surface area contributed by atoms with Gasteiger partial charge in [0, 0.05) is 37.4 Å². The number of carbonyl (C=O) groups is 2. The Balaban J connectivity index is 0.00000256. The molecule has 2 atom stereocenters. The summed E-state index contributed by atoms with van der Waals surface area (Å²) in [6.45, 7) is 2.27. The number of ether oxygens (including phenoxy) is 1. The molecule has 2 unspecified atom stereocenters. The number of carbonyl (C=O) groups excluding carboxylic acids is 2. The Morgan fingerprint density at radius 1 is 1.13 bits per heavy atom. The topological polar surface area (TPSA) is 61.9 Å². The van der Waals surface area contributed by atoms with Crippen LogP contribution in [0, 0.1) is 11.7 Å². The molecule has 0 radical (unpaired) electrons. The molecule has 2 heterocycles. The first-order valence-electron chi connectivity index (χ1n) is 9.81. The van der Waals surface area contributed by atoms with E-state index in [1.54, 1.807) is 29.0 Å². The molecule has 6 nitrogen and oxygen atoms in total. The van der Waals surface area contributed by atoms with Crippen molar-refractivity contribution in [1.82, 2.24) is 10.2 Å². The molecule has 2 aromatic carbocycles. The van der Waals surface area contributed by atoms with Gasteiger partial charge in [0.1, 0.15) is 17.5 Å². The van der Waals surface area contributed by atoms with E-state index >= 15 is 0 Å². The standard InChI is InChI=1S/C22H24FN3O3.ClH/c1-29-20-5-3-2-4-17(20)19-14-24-11-13-26(19)22(28)18-10-12-25(21(18)27)16-8-6-15(23)7-9-16;/h2-9,18-19,24H,10-14H2,1H3;1H. The number of anilines is 1. The van der Waals surface area contributed by atoms with Crippen molar-refractivity contribution in [3.8, 4) is 5.75 Å². The Morgan fingerprint density at radius 3 is 2.60 bits per heavy atom. The van der Waals surface area contributed by atoms with Gasteiger partial charge < -0.3 is 19.9 Å². The van der Waals surface area contributed by atoms with Gasteiger partial charge in [0.05, 0.1) is 13.2 Å². The van der Waals surface area contributed by atoms with E-state index in [1.165, 1.54) is 12.1 Å². The minimum atomic E-state index is -0.713. The maximum absolute atomic E-state index is 13.4. The summed E-state index contributed by atoms with van der Waals surface area (Å²) < 4.78 is 18.7. The minimum Gasteiger partial charge on any atom is -0.496 e. The van der Waals surface area contributed by atoms with Gasteiger partial charge in [-0.15, -0.1) is 12.4 Å². The number of benzene rings is 2. The zero-order chi connectivity index (χ0) is 20.4. The molecule has 4 rings (SSSR count). The van der Waals surface area contributed by atoms with Gasteiger partial charge in [-0.2, -0.15) is 0 Å². The second-order valence-electron chi connectivity index (χ2n) is 7.30. The lowest BCUT2D eigenvalue weighted by atomic mass is 9.98. The maximum atomic E-state index is 13.4. The summed E-state index contributed by atoms with van der Waals surface area (Å²) in [4.78, 5) is 29.7. The summed E-state index contributed by atoms with van der Waals surface area (Å²) in [5.41, 5.74) is 1.55. The van der Waals surface area contributed by atoms with Crippen LogP contribution in [0.1, 0.15) is 18.0 Å². The average Bonchev–Trinajstić information content (AvgIpc) is 3.15. The molecule has 0 bridgehead atoms. The predicted octanol–water partition coefficient (Wildman–Crippen LogP) is 2.78. The van der Waals surface area contributed by atoms with E-state index in [0.29, 0.717) is 38.3 Å². The summed E-state index contributed by atoms with van der Waals surface area (Å²) in [6.07, 6.45) is 0.456. The Bertz CT molecular complexity index is 909. The van der Waals surface area contributed by atoms with E-state index < -0.39 is 5.92 Å². The highest BCUT2D eigenvalue weighted by atomic mass is 35.5. The molecule has 8 heteroatoms. The van der Waals surface area contributed by atoms with Crippen LogP contribution in [-0.4, -0.2) is 50.0 Å². The fourth-order valence-corrected chi connectivity index (χ4v) is 4.17. The number of halogens is 2. The van der Waals surface area contributed by atoms with Crippen molar-refractivity contribution in [2.45, 2.75) is 12.5 Å². The van der Waals surface area contributed by atoms with Crippen LogP contribution in [0.25, 0.3) is 0 Å². The smallest absolute Gasteiger partial charge is 0.239 e. The molecule has 0 saturated carbocycles. The highest BCUT2D eigenvalue weighted by Gasteiger charge is 2.42. The number of hydrogen-bond donors (Lipinski definition) is 1. The Labute approximate surface area is 181 Å². The largest absolute Gasteiger partial charge is 0.496 e. The monoisotopic (exact) mass is 433 g/mol. The van der Waals surface area contributed by atoms with Crippen LogP contribution in [0.5, 0.6) is 5.75 Å². The van der Waals surface area contributed by atoms with Gasteiger partial charge in [0.2, 0.25) is 11.8 Å². The second kappa shape index (κ2) is 9.45. The second-order valence-corrected chi connectivity index (χ2v) is 7.30. The van der Waals surface area contributed by atoms with E-state index in [4.69, 9.17) is 4.74 Å². The number of amides is 2. The van der Waals surface area contributed by atoms with Crippen LogP contribution in [0.15, 0.2) is 48.5 Å². The maximum Gasteiger partial charge on any atom is 0.239 e. The number of piperazine rings is 1. The zero-order valence-corrected chi connectivity index (χ0v) is 17.5. The third kappa shape index (κ3) is 4.13. The molecule has 1 N–H and O–H groups in total. The quantitative estimate of drug-likeness (QED) is 0.753. The number of nitrogens with zero attached hydrogens (tertiary/aromatic N) is 2. The lowest BCUT2D eigenvalue weighted by Gasteiger charge is -2.38. The van der Waals surface area contributed by atoms with Crippen molar-refractivity contribution in [1.29, 1.82) is 0 Å². The summed E-state index contributed by atoms with van der Waals surface area (Å²) in [5.74, 6) is -0.718. The fraction of sp³-hybridized carbons (Fsp3) is 0.364. The first-order chi connectivity index (χ1) is 14.1. The number of nitrogens with one attached hydrogen (secondary N) is 1. The molecule has 0 aromatic heterocycles. The van der Waals surface area contributed by atoms with Gasteiger partial charge in [0.15, 0.2) is 0 Å². The third-order valence-electron chi connectivity index (χ3n) is 5.67. The van der Waals surface area contributed by atoms with E-state index in [9.17, 15) is 14.0 Å². The van der Waals surface area contributed by atoms with Crippen LogP contribution in [0.3, 0.4) is 0 Å². The summed E-state index contributed by atoms with van der Waals surface area (Å²) >= 11 is 0. The summed E-state index contributed by atoms with van der Waals surface area (Å²) in [6, 6.07) is 13.3. The normalized spacial score (nSPS) is 21.3. The van der Waals surface area contributed by atoms with Crippen LogP contribution in [0.4, 0.5) is 10.1 Å². The van der Waals surface area contributed by atoms with Gasteiger partial charge >= 0.3 is 0 Å². The van der Waals surface area contributed by atoms with Gasteiger partial charge in [-0.25, -0.2) is 4.39 Å². The van der Waals surface area contributed by atoms with Crippen molar-refractivity contribution in [3.05, 3.63) is 59.9 Å². The van der Waals surface area contributed by atoms with Crippen molar-refractivity contribution in [2.24, 2.45) is 5.92 Å². The average molecular weight is 434 g/mol. The number of para-hydroxylation sites is 1. The lowest BCUT2D eigenvalue weighted by molar-refractivity contribution is -0.142. The predicted molar refractivity (Wildman–Crippen MR) is 114 cm³/mol. The first-order valence-corrected chi connectivity index (χ1v) is 9.81. The fourth-order valence-electron chi connectivity index (χ4n) is 4.17. The molecule has 160 valence electrons. The summed E-state index contributed by atoms with van der Waals surface area (Å²) in [7, 11) is 1.61. The number of hydrogen-bond acceptors (Lipinski definition) is 4. The lowest BCUT2D eigenvalue weighted by Crippen LogP contribution is -2.51. The SMILES string of the molecule is COc1ccccc1C1CNCCN1C(=O)C1CCN(c2ccc(F)cc2)C1=O.Cl. The molecule has 2 aliphatic rings. The molecular weight excluding hydrogens is 409 g/mol. The van der Waals surface area contributed by atoms with Crippen LogP contribution >= 0.6 is 12.4 Å². The van der Waals surface area contributed by atoms with Crippen molar-refractivity contribution >= 4 is 29.9 Å². The molecule has 2 aliphatic heterocycles. The van der Waals surface area contributed by atoms with Gasteiger partial charge in [-0.05, 0) is 36.8 Å². The Hall–Kier alpha value is -2.64. The molecule has 2 aromatic rings. The minimum absolute atomic E-state index is 0. The molecule has 30 heavy (non-hydrogen) atoms. The van der Waals surface area contributed by atoms with E-state index in [0.717, 1.165) is 11.3 Å². The van der Waals surface area contributed by atoms with Gasteiger partial charge in [0.25, 0.3) is 0 Å². The number of methoxy groups -OCH3 is 1.